The monoisotopic (exact) mass is 358 g/mol. The van der Waals surface area contributed by atoms with Crippen molar-refractivity contribution in [1.29, 1.82) is 0 Å². The molecule has 0 aliphatic rings. The van der Waals surface area contributed by atoms with Crippen LogP contribution in [-0.2, 0) is 22.7 Å². The van der Waals surface area contributed by atoms with Gasteiger partial charge in [-0.25, -0.2) is 4.79 Å². The lowest BCUT2D eigenvalue weighted by Gasteiger charge is -2.11. The van der Waals surface area contributed by atoms with Gasteiger partial charge in [0.1, 0.15) is 0 Å². The van der Waals surface area contributed by atoms with Gasteiger partial charge >= 0.3 is 11.7 Å². The van der Waals surface area contributed by atoms with Crippen molar-refractivity contribution in [2.45, 2.75) is 19.6 Å². The van der Waals surface area contributed by atoms with Gasteiger partial charge in [0.25, 0.3) is 0 Å². The summed E-state index contributed by atoms with van der Waals surface area (Å²) >= 11 is 0. The number of fused-ring (bicyclic) bond motifs is 1. The van der Waals surface area contributed by atoms with Gasteiger partial charge < -0.3 is 19.8 Å². The van der Waals surface area contributed by atoms with Crippen LogP contribution in [-0.4, -0.2) is 39.6 Å². The van der Waals surface area contributed by atoms with Crippen LogP contribution in [0, 0.1) is 0 Å². The number of hydrogen-bond acceptors (Lipinski definition) is 9. The summed E-state index contributed by atoms with van der Waals surface area (Å²) < 4.78 is 11.7. The smallest absolute Gasteiger partial charge is 0.419 e. The molecule has 0 saturated heterocycles. The molecule has 1 aromatic carbocycles. The van der Waals surface area contributed by atoms with Gasteiger partial charge in [-0.15, -0.1) is 0 Å². The number of esters is 1. The first-order valence-corrected chi connectivity index (χ1v) is 7.86. The van der Waals surface area contributed by atoms with Gasteiger partial charge in [0.15, 0.2) is 18.0 Å². The van der Waals surface area contributed by atoms with E-state index in [0.717, 1.165) is 0 Å². The number of carbonyl (C=O) groups is 1. The van der Waals surface area contributed by atoms with Crippen molar-refractivity contribution in [1.82, 2.24) is 19.5 Å². The van der Waals surface area contributed by atoms with E-state index in [9.17, 15) is 9.59 Å². The Morgan fingerprint density at radius 3 is 2.81 bits per heavy atom. The maximum Gasteiger partial charge on any atom is 0.419 e. The van der Waals surface area contributed by atoms with Crippen molar-refractivity contribution in [3.63, 3.8) is 0 Å². The highest BCUT2D eigenvalue weighted by atomic mass is 16.5. The van der Waals surface area contributed by atoms with E-state index >= 15 is 0 Å². The summed E-state index contributed by atoms with van der Waals surface area (Å²) in [4.78, 5) is 37.6. The Balaban J connectivity index is 1.61. The summed E-state index contributed by atoms with van der Waals surface area (Å²) in [7, 11) is 3.52. The Bertz CT molecular complexity index is 994. The molecule has 0 radical (unpaired) electrons. The minimum atomic E-state index is -0.514. The van der Waals surface area contributed by atoms with Crippen LogP contribution in [0.25, 0.3) is 11.1 Å². The Hall–Kier alpha value is -3.43. The highest BCUT2D eigenvalue weighted by Crippen LogP contribution is 2.12. The molecule has 0 saturated carbocycles. The highest BCUT2D eigenvalue weighted by molar-refractivity contribution is 5.73. The molecule has 0 fully saturated rings. The number of rotatable bonds is 6. The average Bonchev–Trinajstić information content (AvgIpc) is 2.92. The minimum absolute atomic E-state index is 0.00450. The lowest BCUT2D eigenvalue weighted by atomic mass is 10.3. The first-order valence-electron chi connectivity index (χ1n) is 7.86. The molecule has 136 valence electrons. The number of aryl methyl sites for hydroxylation is 1. The second-order valence-corrected chi connectivity index (χ2v) is 5.70. The molecular weight excluding hydrogens is 340 g/mol. The van der Waals surface area contributed by atoms with E-state index in [2.05, 4.69) is 15.0 Å². The van der Waals surface area contributed by atoms with Crippen molar-refractivity contribution in [2.24, 2.45) is 0 Å². The predicted molar refractivity (Wildman–Crippen MR) is 93.5 cm³/mol. The van der Waals surface area contributed by atoms with Gasteiger partial charge in [0.2, 0.25) is 11.9 Å². The number of para-hydroxylation sites is 2. The van der Waals surface area contributed by atoms with Crippen LogP contribution >= 0.6 is 0 Å². The molecule has 0 amide bonds. The molecule has 2 heterocycles. The summed E-state index contributed by atoms with van der Waals surface area (Å²) in [6, 6.07) is 7.01. The maximum absolute atomic E-state index is 12.0. The number of oxazole rings is 1. The number of aromatic nitrogens is 4. The second-order valence-electron chi connectivity index (χ2n) is 5.70. The quantitative estimate of drug-likeness (QED) is 0.628. The molecule has 2 N–H and O–H groups in total. The van der Waals surface area contributed by atoms with Gasteiger partial charge in [0, 0.05) is 20.6 Å². The number of ether oxygens (including phenoxy) is 1. The van der Waals surface area contributed by atoms with Crippen molar-refractivity contribution in [3.05, 3.63) is 40.6 Å². The molecule has 26 heavy (non-hydrogen) atoms. The topological polar surface area (TPSA) is 129 Å². The van der Waals surface area contributed by atoms with Crippen LogP contribution in [0.2, 0.25) is 0 Å². The Labute approximate surface area is 148 Å². The van der Waals surface area contributed by atoms with E-state index in [1.807, 2.05) is 0 Å². The van der Waals surface area contributed by atoms with Gasteiger partial charge in [-0.2, -0.15) is 15.0 Å². The van der Waals surface area contributed by atoms with E-state index in [1.165, 1.54) is 4.57 Å². The van der Waals surface area contributed by atoms with Crippen molar-refractivity contribution in [3.8, 4) is 0 Å². The summed E-state index contributed by atoms with van der Waals surface area (Å²) in [5.74, 6) is -0.334. The van der Waals surface area contributed by atoms with Crippen molar-refractivity contribution < 1.29 is 13.9 Å². The van der Waals surface area contributed by atoms with E-state index in [4.69, 9.17) is 14.9 Å². The van der Waals surface area contributed by atoms with Gasteiger partial charge in [-0.3, -0.25) is 9.36 Å². The number of benzene rings is 1. The van der Waals surface area contributed by atoms with Crippen LogP contribution in [0.5, 0.6) is 0 Å². The molecule has 0 unspecified atom stereocenters. The summed E-state index contributed by atoms with van der Waals surface area (Å²) in [5.41, 5.74) is 6.72. The minimum Gasteiger partial charge on any atom is -0.457 e. The van der Waals surface area contributed by atoms with Gasteiger partial charge in [0.05, 0.1) is 11.9 Å². The number of nitrogens with two attached hydrogens (primary N) is 1. The number of hydrogen-bond donors (Lipinski definition) is 1. The molecule has 0 aliphatic carbocycles. The maximum atomic E-state index is 12.0. The lowest BCUT2D eigenvalue weighted by molar-refractivity contribution is -0.145. The first kappa shape index (κ1) is 17.4. The fraction of sp³-hybridized carbons (Fsp3) is 0.312. The largest absolute Gasteiger partial charge is 0.457 e. The zero-order valence-corrected chi connectivity index (χ0v) is 14.4. The Kier molecular flexibility index (Phi) is 4.83. The first-order chi connectivity index (χ1) is 12.4. The van der Waals surface area contributed by atoms with E-state index in [-0.39, 0.29) is 31.3 Å². The zero-order chi connectivity index (χ0) is 18.7. The number of anilines is 2. The normalized spacial score (nSPS) is 10.8. The third kappa shape index (κ3) is 3.79. The van der Waals surface area contributed by atoms with Crippen molar-refractivity contribution >= 4 is 29.0 Å². The third-order valence-electron chi connectivity index (χ3n) is 3.56. The van der Waals surface area contributed by atoms with E-state index in [1.54, 1.807) is 43.3 Å². The SMILES string of the molecule is CN(C)c1nc(N)nc(COC(=O)CCn2c(=O)oc3ccccc32)n1. The van der Waals surface area contributed by atoms with Crippen LogP contribution in [0.1, 0.15) is 12.2 Å². The van der Waals surface area contributed by atoms with Crippen LogP contribution < -0.4 is 16.4 Å². The average molecular weight is 358 g/mol. The molecule has 0 spiro atoms. The molecule has 0 bridgehead atoms. The number of carbonyl (C=O) groups excluding carboxylic acids is 1. The zero-order valence-electron chi connectivity index (χ0n) is 14.4. The predicted octanol–water partition coefficient (Wildman–Crippen LogP) is 0.561. The van der Waals surface area contributed by atoms with Crippen molar-refractivity contribution in [2.75, 3.05) is 24.7 Å². The molecule has 3 rings (SSSR count). The standard InChI is InChI=1S/C16H18N6O4/c1-21(2)15-19-12(18-14(17)20-15)9-25-13(23)7-8-22-10-5-3-4-6-11(10)26-16(22)24/h3-6H,7-9H2,1-2H3,(H2,17,18,19,20). The lowest BCUT2D eigenvalue weighted by Crippen LogP contribution is -2.19. The molecule has 10 heteroatoms. The Morgan fingerprint density at radius 1 is 1.27 bits per heavy atom. The van der Waals surface area contributed by atoms with Crippen LogP contribution in [0.3, 0.4) is 0 Å². The number of nitrogen functional groups attached to an aromatic ring is 1. The second kappa shape index (κ2) is 7.21. The van der Waals surface area contributed by atoms with E-state index in [0.29, 0.717) is 17.0 Å². The van der Waals surface area contributed by atoms with Crippen LogP contribution in [0.4, 0.5) is 11.9 Å². The number of nitrogens with zero attached hydrogens (tertiary/aromatic N) is 5. The van der Waals surface area contributed by atoms with Crippen LogP contribution in [0.15, 0.2) is 33.5 Å². The third-order valence-corrected chi connectivity index (χ3v) is 3.56. The Morgan fingerprint density at radius 2 is 2.04 bits per heavy atom. The highest BCUT2D eigenvalue weighted by Gasteiger charge is 2.12. The van der Waals surface area contributed by atoms with Gasteiger partial charge in [-0.1, -0.05) is 12.1 Å². The molecule has 0 aliphatic heterocycles. The van der Waals surface area contributed by atoms with E-state index < -0.39 is 11.7 Å². The summed E-state index contributed by atoms with van der Waals surface area (Å²) in [6.45, 7) is 0.0182. The molecule has 3 aromatic rings. The molecule has 10 nitrogen and oxygen atoms in total. The summed E-state index contributed by atoms with van der Waals surface area (Å²) in [6.07, 6.45) is 0.00450. The molecular formula is C16H18N6O4. The molecule has 2 aromatic heterocycles. The summed E-state index contributed by atoms with van der Waals surface area (Å²) in [5, 5.41) is 0. The fourth-order valence-corrected chi connectivity index (χ4v) is 2.34. The fourth-order valence-electron chi connectivity index (χ4n) is 2.34. The molecule has 0 atom stereocenters. The van der Waals surface area contributed by atoms with Gasteiger partial charge in [-0.05, 0) is 12.1 Å².